The van der Waals surface area contributed by atoms with Crippen LogP contribution in [0.4, 0.5) is 5.69 Å². The lowest BCUT2D eigenvalue weighted by molar-refractivity contribution is -0.113. The predicted molar refractivity (Wildman–Crippen MR) is 112 cm³/mol. The Balaban J connectivity index is 1.55. The fourth-order valence-corrected chi connectivity index (χ4v) is 3.50. The molecule has 0 saturated carbocycles. The molecule has 2 heterocycles. The Bertz CT molecular complexity index is 1250. The van der Waals surface area contributed by atoms with Gasteiger partial charge in [0.05, 0.1) is 5.75 Å². The van der Waals surface area contributed by atoms with Crippen molar-refractivity contribution in [1.82, 2.24) is 24.8 Å². The Labute approximate surface area is 170 Å². The summed E-state index contributed by atoms with van der Waals surface area (Å²) in [6, 6.07) is 14.9. The van der Waals surface area contributed by atoms with Crippen LogP contribution >= 0.6 is 11.8 Å². The van der Waals surface area contributed by atoms with E-state index < -0.39 is 0 Å². The van der Waals surface area contributed by atoms with Gasteiger partial charge < -0.3 is 5.32 Å². The van der Waals surface area contributed by atoms with Crippen molar-refractivity contribution in [2.45, 2.75) is 19.0 Å². The summed E-state index contributed by atoms with van der Waals surface area (Å²) in [5.74, 6) is 0.204. The van der Waals surface area contributed by atoms with Crippen LogP contribution in [-0.2, 0) is 4.79 Å². The zero-order valence-corrected chi connectivity index (χ0v) is 16.7. The summed E-state index contributed by atoms with van der Waals surface area (Å²) in [5, 5.41) is 15.7. The van der Waals surface area contributed by atoms with Crippen molar-refractivity contribution in [2.24, 2.45) is 0 Å². The number of aryl methyl sites for hydroxylation is 1. The lowest BCUT2D eigenvalue weighted by atomic mass is 10.1. The Kier molecular flexibility index (Phi) is 5.13. The molecule has 146 valence electrons. The molecule has 0 saturated heterocycles. The molecule has 1 amide bonds. The maximum Gasteiger partial charge on any atom is 0.279 e. The number of nitrogens with one attached hydrogen (secondary N) is 2. The number of H-pyrrole nitrogens is 1. The third-order valence-corrected chi connectivity index (χ3v) is 5.43. The number of thioether (sulfide) groups is 1. The summed E-state index contributed by atoms with van der Waals surface area (Å²) < 4.78 is 1.44. The van der Waals surface area contributed by atoms with E-state index in [2.05, 4.69) is 25.6 Å². The smallest absolute Gasteiger partial charge is 0.279 e. The molecule has 0 atom stereocenters. The van der Waals surface area contributed by atoms with Crippen LogP contribution in [0.2, 0.25) is 0 Å². The van der Waals surface area contributed by atoms with Crippen molar-refractivity contribution in [2.75, 3.05) is 11.1 Å². The second-order valence-electron chi connectivity index (χ2n) is 6.47. The number of rotatable bonds is 5. The van der Waals surface area contributed by atoms with Crippen LogP contribution in [0.25, 0.3) is 17.0 Å². The van der Waals surface area contributed by atoms with Crippen molar-refractivity contribution in [3.63, 3.8) is 0 Å². The van der Waals surface area contributed by atoms with E-state index >= 15 is 0 Å². The fourth-order valence-electron chi connectivity index (χ4n) is 2.82. The number of anilines is 1. The minimum absolute atomic E-state index is 0.135. The second-order valence-corrected chi connectivity index (χ2v) is 7.41. The number of fused-ring (bicyclic) bond motifs is 1. The zero-order chi connectivity index (χ0) is 20.4. The molecule has 8 nitrogen and oxygen atoms in total. The Morgan fingerprint density at radius 2 is 1.90 bits per heavy atom. The quantitative estimate of drug-likeness (QED) is 0.494. The van der Waals surface area contributed by atoms with Gasteiger partial charge in [-0.2, -0.15) is 9.61 Å². The fraction of sp³-hybridized carbons (Fsp3) is 0.150. The lowest BCUT2D eigenvalue weighted by Crippen LogP contribution is -2.17. The van der Waals surface area contributed by atoms with Gasteiger partial charge in [-0.3, -0.25) is 14.6 Å². The lowest BCUT2D eigenvalue weighted by Gasteiger charge is -2.09. The van der Waals surface area contributed by atoms with Crippen LogP contribution in [-0.4, -0.2) is 36.5 Å². The summed E-state index contributed by atoms with van der Waals surface area (Å²) in [6.07, 6.45) is 0. The number of aromatic amines is 1. The third kappa shape index (κ3) is 3.90. The van der Waals surface area contributed by atoms with E-state index in [4.69, 9.17) is 0 Å². The first kappa shape index (κ1) is 18.9. The van der Waals surface area contributed by atoms with Crippen molar-refractivity contribution in [3.8, 4) is 11.3 Å². The molecule has 0 bridgehead atoms. The number of hydrogen-bond acceptors (Lipinski definition) is 6. The molecule has 0 aliphatic heterocycles. The van der Waals surface area contributed by atoms with Gasteiger partial charge in [0.15, 0.2) is 5.69 Å². The van der Waals surface area contributed by atoms with Crippen LogP contribution in [0, 0.1) is 13.8 Å². The molecule has 9 heteroatoms. The molecule has 0 spiro atoms. The van der Waals surface area contributed by atoms with Gasteiger partial charge in [0.2, 0.25) is 11.1 Å². The summed E-state index contributed by atoms with van der Waals surface area (Å²) >= 11 is 1.20. The Morgan fingerprint density at radius 3 is 2.69 bits per heavy atom. The summed E-state index contributed by atoms with van der Waals surface area (Å²) in [4.78, 5) is 27.4. The standard InChI is InChI=1S/C20H18N6O2S/c1-12-7-6-10-15(13(12)2)21-16(27)11-29-20-24-23-19-22-18(28)17(25-26(19)20)14-8-4-3-5-9-14/h3-10H,11H2,1-2H3,(H,21,27)(H,22,23,28). The van der Waals surface area contributed by atoms with Gasteiger partial charge in [-0.05, 0) is 31.0 Å². The molecule has 2 N–H and O–H groups in total. The van der Waals surface area contributed by atoms with Crippen LogP contribution in [0.5, 0.6) is 0 Å². The summed E-state index contributed by atoms with van der Waals surface area (Å²) in [5.41, 5.74) is 3.54. The Hall–Kier alpha value is -3.46. The molecule has 0 aliphatic carbocycles. The van der Waals surface area contributed by atoms with Crippen molar-refractivity contribution in [1.29, 1.82) is 0 Å². The van der Waals surface area contributed by atoms with Crippen molar-refractivity contribution < 1.29 is 4.79 Å². The van der Waals surface area contributed by atoms with Crippen molar-refractivity contribution >= 4 is 29.1 Å². The molecule has 0 aliphatic rings. The van der Waals surface area contributed by atoms with Gasteiger partial charge in [-0.15, -0.1) is 10.2 Å². The van der Waals surface area contributed by atoms with Gasteiger partial charge in [-0.25, -0.2) is 0 Å². The third-order valence-electron chi connectivity index (χ3n) is 4.51. The Morgan fingerprint density at radius 1 is 1.10 bits per heavy atom. The average Bonchev–Trinajstić information content (AvgIpc) is 3.11. The van der Waals surface area contributed by atoms with E-state index in [1.807, 2.05) is 50.2 Å². The van der Waals surface area contributed by atoms with Gasteiger partial charge in [0, 0.05) is 11.3 Å². The summed E-state index contributed by atoms with van der Waals surface area (Å²) in [6.45, 7) is 3.97. The SMILES string of the molecule is Cc1cccc(NC(=O)CSc2nnc3[nH]c(=O)c(-c4ccccc4)nn23)c1C. The number of amides is 1. The number of aromatic nitrogens is 5. The van der Waals surface area contributed by atoms with E-state index in [9.17, 15) is 9.59 Å². The van der Waals surface area contributed by atoms with Crippen molar-refractivity contribution in [3.05, 3.63) is 70.0 Å². The van der Waals surface area contributed by atoms with E-state index in [1.54, 1.807) is 12.1 Å². The molecule has 4 rings (SSSR count). The highest BCUT2D eigenvalue weighted by molar-refractivity contribution is 7.99. The zero-order valence-electron chi connectivity index (χ0n) is 15.8. The minimum Gasteiger partial charge on any atom is -0.325 e. The molecular formula is C20H18N6O2S. The number of nitrogens with zero attached hydrogens (tertiary/aromatic N) is 4. The topological polar surface area (TPSA) is 105 Å². The van der Waals surface area contributed by atoms with Crippen LogP contribution in [0.15, 0.2) is 58.5 Å². The second kappa shape index (κ2) is 7.88. The molecule has 0 radical (unpaired) electrons. The van der Waals surface area contributed by atoms with E-state index in [0.29, 0.717) is 10.7 Å². The maximum atomic E-state index is 12.4. The molecule has 4 aromatic rings. The monoisotopic (exact) mass is 406 g/mol. The van der Waals surface area contributed by atoms with Crippen LogP contribution in [0.3, 0.4) is 0 Å². The number of carbonyl (C=O) groups excluding carboxylic acids is 1. The van der Waals surface area contributed by atoms with E-state index in [0.717, 1.165) is 16.8 Å². The van der Waals surface area contributed by atoms with Gasteiger partial charge in [0.1, 0.15) is 0 Å². The summed E-state index contributed by atoms with van der Waals surface area (Å²) in [7, 11) is 0. The highest BCUT2D eigenvalue weighted by Gasteiger charge is 2.15. The average molecular weight is 406 g/mol. The van der Waals surface area contributed by atoms with Gasteiger partial charge in [-0.1, -0.05) is 54.2 Å². The predicted octanol–water partition coefficient (Wildman–Crippen LogP) is 2.83. The van der Waals surface area contributed by atoms with Gasteiger partial charge >= 0.3 is 0 Å². The molecule has 2 aromatic carbocycles. The molecular weight excluding hydrogens is 388 g/mol. The number of hydrogen-bond donors (Lipinski definition) is 2. The highest BCUT2D eigenvalue weighted by Crippen LogP contribution is 2.20. The highest BCUT2D eigenvalue weighted by atomic mass is 32.2. The normalized spacial score (nSPS) is 11.0. The molecule has 2 aromatic heterocycles. The molecule has 29 heavy (non-hydrogen) atoms. The first-order valence-electron chi connectivity index (χ1n) is 8.93. The number of benzene rings is 2. The first-order valence-corrected chi connectivity index (χ1v) is 9.91. The first-order chi connectivity index (χ1) is 14.0. The van der Waals surface area contributed by atoms with Crippen LogP contribution < -0.4 is 10.9 Å². The van der Waals surface area contributed by atoms with Crippen LogP contribution in [0.1, 0.15) is 11.1 Å². The molecule has 0 unspecified atom stereocenters. The number of carbonyl (C=O) groups is 1. The largest absolute Gasteiger partial charge is 0.325 e. The van der Waals surface area contributed by atoms with E-state index in [1.165, 1.54) is 16.3 Å². The van der Waals surface area contributed by atoms with Gasteiger partial charge in [0.25, 0.3) is 11.3 Å². The maximum absolute atomic E-state index is 12.4. The minimum atomic E-state index is -0.347. The van der Waals surface area contributed by atoms with E-state index in [-0.39, 0.29) is 28.7 Å². The molecule has 0 fully saturated rings.